The molecule has 0 bridgehead atoms. The molecule has 0 spiro atoms. The van der Waals surface area contributed by atoms with Gasteiger partial charge in [0.15, 0.2) is 0 Å². The van der Waals surface area contributed by atoms with E-state index in [0.29, 0.717) is 17.0 Å². The summed E-state index contributed by atoms with van der Waals surface area (Å²) >= 11 is 0. The van der Waals surface area contributed by atoms with Gasteiger partial charge in [-0.2, -0.15) is 9.65 Å². The van der Waals surface area contributed by atoms with Gasteiger partial charge in [0.05, 0.1) is 24.4 Å². The minimum absolute atomic E-state index is 0.143. The van der Waals surface area contributed by atoms with Crippen molar-refractivity contribution in [3.8, 4) is 11.8 Å². The maximum atomic E-state index is 13.0. The number of carbonyl (C=O) groups is 1. The topological polar surface area (TPSA) is 75.0 Å². The highest BCUT2D eigenvalue weighted by atomic mass is 19.1. The zero-order valence-corrected chi connectivity index (χ0v) is 10.6. The molecule has 0 atom stereocenters. The summed E-state index contributed by atoms with van der Waals surface area (Å²) in [5.41, 5.74) is 0.951. The maximum Gasteiger partial charge on any atom is 0.255 e. The third-order valence-electron chi connectivity index (χ3n) is 2.57. The van der Waals surface area contributed by atoms with Crippen LogP contribution in [0.1, 0.15) is 15.9 Å². The molecule has 1 aromatic heterocycles. The molecule has 2 rings (SSSR count). The molecule has 0 aliphatic heterocycles. The highest BCUT2D eigenvalue weighted by Crippen LogP contribution is 2.25. The van der Waals surface area contributed by atoms with Crippen molar-refractivity contribution in [3.05, 3.63) is 53.6 Å². The number of hydrogen-bond donors (Lipinski definition) is 1. The molecule has 1 N–H and O–H groups in total. The Balaban J connectivity index is 2.26. The van der Waals surface area contributed by atoms with Gasteiger partial charge in [0.2, 0.25) is 5.95 Å². The molecule has 0 unspecified atom stereocenters. The first-order valence-corrected chi connectivity index (χ1v) is 5.65. The van der Waals surface area contributed by atoms with Gasteiger partial charge >= 0.3 is 0 Å². The Bertz CT molecular complexity index is 695. The van der Waals surface area contributed by atoms with Crippen LogP contribution in [-0.4, -0.2) is 18.0 Å². The van der Waals surface area contributed by atoms with Crippen molar-refractivity contribution < 1.29 is 13.9 Å². The number of methoxy groups -OCH3 is 1. The van der Waals surface area contributed by atoms with Gasteiger partial charge < -0.3 is 10.1 Å². The van der Waals surface area contributed by atoms with Crippen molar-refractivity contribution in [2.75, 3.05) is 12.4 Å². The maximum absolute atomic E-state index is 13.0. The van der Waals surface area contributed by atoms with Crippen LogP contribution in [0.2, 0.25) is 0 Å². The molecule has 100 valence electrons. The summed E-state index contributed by atoms with van der Waals surface area (Å²) in [6.07, 6.45) is 1.21. The Kier molecular flexibility index (Phi) is 3.91. The molecule has 0 saturated heterocycles. The first kappa shape index (κ1) is 13.5. The van der Waals surface area contributed by atoms with E-state index < -0.39 is 11.9 Å². The van der Waals surface area contributed by atoms with Crippen LogP contribution in [-0.2, 0) is 0 Å². The lowest BCUT2D eigenvalue weighted by molar-refractivity contribution is 0.102. The number of rotatable bonds is 3. The Morgan fingerprint density at radius 1 is 1.40 bits per heavy atom. The zero-order chi connectivity index (χ0) is 14.5. The van der Waals surface area contributed by atoms with Gasteiger partial charge in [-0.25, -0.2) is 4.98 Å². The predicted molar refractivity (Wildman–Crippen MR) is 69.9 cm³/mol. The summed E-state index contributed by atoms with van der Waals surface area (Å²) in [6, 6.07) is 9.00. The van der Waals surface area contributed by atoms with Gasteiger partial charge in [-0.3, -0.25) is 4.79 Å². The van der Waals surface area contributed by atoms with Crippen LogP contribution in [0.25, 0.3) is 0 Å². The molecule has 6 heteroatoms. The third-order valence-corrected chi connectivity index (χ3v) is 2.57. The second-order valence-electron chi connectivity index (χ2n) is 3.85. The van der Waals surface area contributed by atoms with E-state index in [9.17, 15) is 9.18 Å². The number of carbonyl (C=O) groups excluding carboxylic acids is 1. The molecule has 1 aromatic carbocycles. The van der Waals surface area contributed by atoms with E-state index in [4.69, 9.17) is 10.00 Å². The summed E-state index contributed by atoms with van der Waals surface area (Å²) < 4.78 is 18.1. The molecule has 2 aromatic rings. The van der Waals surface area contributed by atoms with E-state index in [1.807, 2.05) is 6.07 Å². The number of benzene rings is 1. The molecular formula is C14H10FN3O2. The molecular weight excluding hydrogens is 261 g/mol. The van der Waals surface area contributed by atoms with Gasteiger partial charge in [0, 0.05) is 23.9 Å². The lowest BCUT2D eigenvalue weighted by Gasteiger charge is -2.10. The second kappa shape index (κ2) is 5.80. The van der Waals surface area contributed by atoms with Crippen molar-refractivity contribution in [2.45, 2.75) is 0 Å². The number of nitrogens with one attached hydrogen (secondary N) is 1. The van der Waals surface area contributed by atoms with E-state index in [1.54, 1.807) is 12.1 Å². The van der Waals surface area contributed by atoms with Gasteiger partial charge in [0.25, 0.3) is 5.91 Å². The predicted octanol–water partition coefficient (Wildman–Crippen LogP) is 2.35. The first-order chi connectivity index (χ1) is 9.63. The van der Waals surface area contributed by atoms with E-state index in [0.717, 1.165) is 6.07 Å². The molecule has 0 fully saturated rings. The summed E-state index contributed by atoms with van der Waals surface area (Å²) in [6.45, 7) is 0. The van der Waals surface area contributed by atoms with Gasteiger partial charge in [-0.15, -0.1) is 0 Å². The number of anilines is 1. The average molecular weight is 271 g/mol. The van der Waals surface area contributed by atoms with Crippen LogP contribution in [0.5, 0.6) is 5.75 Å². The number of aromatic nitrogens is 1. The van der Waals surface area contributed by atoms with Crippen molar-refractivity contribution in [1.29, 1.82) is 5.26 Å². The Morgan fingerprint density at radius 2 is 2.20 bits per heavy atom. The fraction of sp³-hybridized carbons (Fsp3) is 0.0714. The van der Waals surface area contributed by atoms with Crippen molar-refractivity contribution in [1.82, 2.24) is 4.98 Å². The summed E-state index contributed by atoms with van der Waals surface area (Å²) in [5, 5.41) is 11.4. The quantitative estimate of drug-likeness (QED) is 0.869. The lowest BCUT2D eigenvalue weighted by Crippen LogP contribution is -2.13. The number of nitriles is 1. The Labute approximate surface area is 114 Å². The van der Waals surface area contributed by atoms with Crippen molar-refractivity contribution in [3.63, 3.8) is 0 Å². The molecule has 0 saturated carbocycles. The normalized spacial score (nSPS) is 9.65. The summed E-state index contributed by atoms with van der Waals surface area (Å²) in [5.74, 6) is -0.870. The minimum Gasteiger partial charge on any atom is -0.495 e. The van der Waals surface area contributed by atoms with Gasteiger partial charge in [-0.05, 0) is 18.2 Å². The zero-order valence-electron chi connectivity index (χ0n) is 10.6. The standard InChI is InChI=1S/C14H10FN3O2/c1-20-12-6-9(8-16)2-3-11(12)18-14(19)10-4-5-17-13(15)7-10/h2-7H,1H3,(H,18,19). The van der Waals surface area contributed by atoms with E-state index >= 15 is 0 Å². The van der Waals surface area contributed by atoms with E-state index in [2.05, 4.69) is 10.3 Å². The molecule has 1 heterocycles. The van der Waals surface area contributed by atoms with Gasteiger partial charge in [0.1, 0.15) is 5.75 Å². The van der Waals surface area contributed by atoms with Crippen LogP contribution in [0, 0.1) is 17.3 Å². The fourth-order valence-corrected chi connectivity index (χ4v) is 1.60. The number of pyridine rings is 1. The number of nitrogens with zero attached hydrogens (tertiary/aromatic N) is 2. The SMILES string of the molecule is COc1cc(C#N)ccc1NC(=O)c1ccnc(F)c1. The van der Waals surface area contributed by atoms with Crippen LogP contribution >= 0.6 is 0 Å². The molecule has 0 aliphatic rings. The third kappa shape index (κ3) is 2.90. The van der Waals surface area contributed by atoms with Gasteiger partial charge in [-0.1, -0.05) is 0 Å². The number of hydrogen-bond acceptors (Lipinski definition) is 4. The molecule has 0 radical (unpaired) electrons. The number of ether oxygens (including phenoxy) is 1. The Hall–Kier alpha value is -2.94. The summed E-state index contributed by atoms with van der Waals surface area (Å²) in [4.78, 5) is 15.3. The lowest BCUT2D eigenvalue weighted by atomic mass is 10.2. The number of amides is 1. The minimum atomic E-state index is -0.732. The van der Waals surface area contributed by atoms with Crippen LogP contribution in [0.4, 0.5) is 10.1 Å². The highest BCUT2D eigenvalue weighted by Gasteiger charge is 2.11. The average Bonchev–Trinajstić information content (AvgIpc) is 2.47. The smallest absolute Gasteiger partial charge is 0.255 e. The van der Waals surface area contributed by atoms with E-state index in [1.165, 1.54) is 25.4 Å². The fourth-order valence-electron chi connectivity index (χ4n) is 1.60. The molecule has 1 amide bonds. The summed E-state index contributed by atoms with van der Waals surface area (Å²) in [7, 11) is 1.43. The van der Waals surface area contributed by atoms with Crippen LogP contribution < -0.4 is 10.1 Å². The van der Waals surface area contributed by atoms with E-state index in [-0.39, 0.29) is 5.56 Å². The van der Waals surface area contributed by atoms with Crippen LogP contribution in [0.3, 0.4) is 0 Å². The monoisotopic (exact) mass is 271 g/mol. The molecule has 20 heavy (non-hydrogen) atoms. The number of halogens is 1. The molecule has 5 nitrogen and oxygen atoms in total. The second-order valence-corrected chi connectivity index (χ2v) is 3.85. The van der Waals surface area contributed by atoms with Crippen molar-refractivity contribution in [2.24, 2.45) is 0 Å². The Morgan fingerprint density at radius 3 is 2.85 bits per heavy atom. The largest absolute Gasteiger partial charge is 0.495 e. The van der Waals surface area contributed by atoms with Crippen molar-refractivity contribution >= 4 is 11.6 Å². The molecule has 0 aliphatic carbocycles. The van der Waals surface area contributed by atoms with Crippen LogP contribution in [0.15, 0.2) is 36.5 Å². The highest BCUT2D eigenvalue weighted by molar-refractivity contribution is 6.04. The first-order valence-electron chi connectivity index (χ1n) is 5.65.